The zero-order chi connectivity index (χ0) is 12.4. The Hall–Kier alpha value is -1.10. The second-order valence-corrected chi connectivity index (χ2v) is 4.99. The van der Waals surface area contributed by atoms with Crippen molar-refractivity contribution in [3.8, 4) is 0 Å². The van der Waals surface area contributed by atoms with Gasteiger partial charge in [-0.05, 0) is 12.8 Å². The van der Waals surface area contributed by atoms with Gasteiger partial charge in [0.25, 0.3) is 0 Å². The van der Waals surface area contributed by atoms with Gasteiger partial charge in [-0.3, -0.25) is 9.59 Å². The number of nitrogens with zero attached hydrogens (tertiary/aromatic N) is 1. The number of hydrogen-bond acceptors (Lipinski definition) is 4. The molecule has 2 fully saturated rings. The monoisotopic (exact) mass is 240 g/mol. The minimum absolute atomic E-state index is 0.0442. The molecule has 1 heterocycles. The molecule has 3 unspecified atom stereocenters. The van der Waals surface area contributed by atoms with Gasteiger partial charge >= 0.3 is 5.97 Å². The number of hydrogen-bond donors (Lipinski definition) is 1. The molecular weight excluding hydrogens is 220 g/mol. The highest BCUT2D eigenvalue weighted by Gasteiger charge is 2.40. The van der Waals surface area contributed by atoms with E-state index in [9.17, 15) is 9.59 Å². The van der Waals surface area contributed by atoms with Gasteiger partial charge in [-0.2, -0.15) is 0 Å². The average molecular weight is 240 g/mol. The van der Waals surface area contributed by atoms with Gasteiger partial charge in [0, 0.05) is 25.0 Å². The third-order valence-corrected chi connectivity index (χ3v) is 3.87. The summed E-state index contributed by atoms with van der Waals surface area (Å²) < 4.78 is 4.70. The van der Waals surface area contributed by atoms with E-state index in [4.69, 9.17) is 10.5 Å². The Kier molecular flexibility index (Phi) is 3.66. The number of nitrogens with two attached hydrogens (primary N) is 1. The molecule has 1 saturated carbocycles. The van der Waals surface area contributed by atoms with Crippen LogP contribution >= 0.6 is 0 Å². The molecule has 2 rings (SSSR count). The first kappa shape index (κ1) is 12.4. The topological polar surface area (TPSA) is 72.6 Å². The van der Waals surface area contributed by atoms with E-state index < -0.39 is 0 Å². The fraction of sp³-hybridized carbons (Fsp3) is 0.833. The summed E-state index contributed by atoms with van der Waals surface area (Å²) in [6, 6.07) is 0.176. The van der Waals surface area contributed by atoms with E-state index in [2.05, 4.69) is 0 Å². The van der Waals surface area contributed by atoms with Crippen molar-refractivity contribution in [2.45, 2.75) is 44.2 Å². The molecule has 0 aromatic rings. The number of carbonyl (C=O) groups excluding carboxylic acids is 2. The van der Waals surface area contributed by atoms with Crippen molar-refractivity contribution >= 4 is 11.9 Å². The number of amides is 1. The predicted molar refractivity (Wildman–Crippen MR) is 62.1 cm³/mol. The van der Waals surface area contributed by atoms with Crippen LogP contribution in [0.3, 0.4) is 0 Å². The van der Waals surface area contributed by atoms with Crippen molar-refractivity contribution < 1.29 is 14.3 Å². The average Bonchev–Trinajstić information content (AvgIpc) is 2.71. The molecule has 3 atom stereocenters. The summed E-state index contributed by atoms with van der Waals surface area (Å²) in [5.41, 5.74) is 6.07. The van der Waals surface area contributed by atoms with Crippen molar-refractivity contribution in [2.75, 3.05) is 13.7 Å². The fourth-order valence-electron chi connectivity index (χ4n) is 2.90. The van der Waals surface area contributed by atoms with Crippen molar-refractivity contribution in [3.05, 3.63) is 0 Å². The maximum absolute atomic E-state index is 11.9. The molecule has 1 aliphatic carbocycles. The van der Waals surface area contributed by atoms with Crippen LogP contribution in [0.4, 0.5) is 0 Å². The lowest BCUT2D eigenvalue weighted by atomic mass is 9.90. The molecule has 2 N–H and O–H groups in total. The van der Waals surface area contributed by atoms with Crippen LogP contribution in [0.5, 0.6) is 0 Å². The minimum atomic E-state index is -0.304. The summed E-state index contributed by atoms with van der Waals surface area (Å²) >= 11 is 0. The lowest BCUT2D eigenvalue weighted by Gasteiger charge is -2.36. The van der Waals surface area contributed by atoms with Crippen molar-refractivity contribution in [1.82, 2.24) is 4.90 Å². The summed E-state index contributed by atoms with van der Waals surface area (Å²) in [5, 5.41) is 0. The van der Waals surface area contributed by atoms with Crippen LogP contribution in [0.2, 0.25) is 0 Å². The van der Waals surface area contributed by atoms with Gasteiger partial charge in [-0.25, -0.2) is 0 Å². The molecule has 1 saturated heterocycles. The van der Waals surface area contributed by atoms with Gasteiger partial charge < -0.3 is 15.4 Å². The third kappa shape index (κ3) is 2.44. The van der Waals surface area contributed by atoms with Crippen LogP contribution < -0.4 is 5.73 Å². The summed E-state index contributed by atoms with van der Waals surface area (Å²) in [5.74, 6) is -0.547. The lowest BCUT2D eigenvalue weighted by molar-refractivity contribution is -0.145. The standard InChI is InChI=1S/C12H20N2O3/c1-17-12(16)8-6-11(15)14(7-8)10-5-3-2-4-9(10)13/h8-10H,2-7,13H2,1H3. The molecule has 0 spiro atoms. The van der Waals surface area contributed by atoms with E-state index in [1.54, 1.807) is 4.90 Å². The van der Waals surface area contributed by atoms with E-state index in [1.807, 2.05) is 0 Å². The van der Waals surface area contributed by atoms with Crippen LogP contribution in [-0.4, -0.2) is 42.5 Å². The number of rotatable bonds is 2. The smallest absolute Gasteiger partial charge is 0.310 e. The second kappa shape index (κ2) is 5.04. The maximum atomic E-state index is 11.9. The van der Waals surface area contributed by atoms with Crippen molar-refractivity contribution in [3.63, 3.8) is 0 Å². The summed E-state index contributed by atoms with van der Waals surface area (Å²) in [4.78, 5) is 25.1. The first-order chi connectivity index (χ1) is 8.13. The Morgan fingerprint density at radius 2 is 2.12 bits per heavy atom. The van der Waals surface area contributed by atoms with E-state index >= 15 is 0 Å². The molecule has 2 aliphatic rings. The second-order valence-electron chi connectivity index (χ2n) is 4.99. The highest BCUT2D eigenvalue weighted by molar-refractivity contribution is 5.87. The highest BCUT2D eigenvalue weighted by Crippen LogP contribution is 2.28. The highest BCUT2D eigenvalue weighted by atomic mass is 16.5. The van der Waals surface area contributed by atoms with Gasteiger partial charge in [0.15, 0.2) is 0 Å². The zero-order valence-corrected chi connectivity index (χ0v) is 10.2. The molecular formula is C12H20N2O3. The molecule has 0 bridgehead atoms. The number of ether oxygens (including phenoxy) is 1. The molecule has 1 amide bonds. The van der Waals surface area contributed by atoms with Crippen LogP contribution in [0, 0.1) is 5.92 Å². The molecule has 5 nitrogen and oxygen atoms in total. The van der Waals surface area contributed by atoms with E-state index in [0.29, 0.717) is 6.54 Å². The van der Waals surface area contributed by atoms with E-state index in [1.165, 1.54) is 7.11 Å². The predicted octanol–water partition coefficient (Wildman–Crippen LogP) is 0.278. The SMILES string of the molecule is COC(=O)C1CC(=O)N(C2CCCCC2N)C1. The number of carbonyl (C=O) groups is 2. The quantitative estimate of drug-likeness (QED) is 0.704. The fourth-order valence-corrected chi connectivity index (χ4v) is 2.90. The Balaban J connectivity index is 2.02. The van der Waals surface area contributed by atoms with Gasteiger partial charge in [0.2, 0.25) is 5.91 Å². The van der Waals surface area contributed by atoms with Crippen LogP contribution in [0.1, 0.15) is 32.1 Å². The first-order valence-electron chi connectivity index (χ1n) is 6.26. The Morgan fingerprint density at radius 1 is 1.41 bits per heavy atom. The van der Waals surface area contributed by atoms with Crippen molar-refractivity contribution in [1.29, 1.82) is 0 Å². The third-order valence-electron chi connectivity index (χ3n) is 3.87. The molecule has 17 heavy (non-hydrogen) atoms. The van der Waals surface area contributed by atoms with Gasteiger partial charge in [-0.15, -0.1) is 0 Å². The molecule has 1 aliphatic heterocycles. The number of likely N-dealkylation sites (tertiary alicyclic amines) is 1. The summed E-state index contributed by atoms with van der Waals surface area (Å²) in [6.45, 7) is 0.476. The Labute approximate surface area is 101 Å². The van der Waals surface area contributed by atoms with Gasteiger partial charge in [0.05, 0.1) is 13.0 Å². The molecule has 0 radical (unpaired) electrons. The van der Waals surface area contributed by atoms with E-state index in [-0.39, 0.29) is 36.3 Å². The Morgan fingerprint density at radius 3 is 2.76 bits per heavy atom. The molecule has 0 aromatic carbocycles. The summed E-state index contributed by atoms with van der Waals surface area (Å²) in [6.07, 6.45) is 4.46. The minimum Gasteiger partial charge on any atom is -0.469 e. The van der Waals surface area contributed by atoms with Crippen LogP contribution in [0.15, 0.2) is 0 Å². The molecule has 0 aromatic heterocycles. The number of methoxy groups -OCH3 is 1. The van der Waals surface area contributed by atoms with E-state index in [0.717, 1.165) is 25.7 Å². The normalized spacial score (nSPS) is 33.9. The zero-order valence-electron chi connectivity index (χ0n) is 10.2. The molecule has 5 heteroatoms. The summed E-state index contributed by atoms with van der Waals surface area (Å²) in [7, 11) is 1.36. The number of esters is 1. The maximum Gasteiger partial charge on any atom is 0.310 e. The lowest BCUT2D eigenvalue weighted by Crippen LogP contribution is -2.50. The van der Waals surface area contributed by atoms with Crippen LogP contribution in [-0.2, 0) is 14.3 Å². The first-order valence-corrected chi connectivity index (χ1v) is 6.26. The van der Waals surface area contributed by atoms with Crippen LogP contribution in [0.25, 0.3) is 0 Å². The van der Waals surface area contributed by atoms with Crippen molar-refractivity contribution in [2.24, 2.45) is 11.7 Å². The van der Waals surface area contributed by atoms with Gasteiger partial charge in [0.1, 0.15) is 0 Å². The molecule has 96 valence electrons. The van der Waals surface area contributed by atoms with Gasteiger partial charge in [-0.1, -0.05) is 12.8 Å². The Bertz CT molecular complexity index is 319. The largest absolute Gasteiger partial charge is 0.469 e.